The molecule has 8 heteroatoms. The largest absolute Gasteiger partial charge is 0.453 e. The standard InChI is InChI=1S/C20H17N3O4S/c1-12(19-22-23-20(27-19)13-7-3-2-4-8-13)26-17(24)11-16-18(25)21-14-9-5-6-10-15(14)28-16/h2-10,12,16H,11H2,1H3,(H,21,25)/t12-,16+/m1/s1. The number of carbonyl (C=O) groups is 2. The summed E-state index contributed by atoms with van der Waals surface area (Å²) in [5.41, 5.74) is 1.54. The molecular weight excluding hydrogens is 378 g/mol. The highest BCUT2D eigenvalue weighted by Crippen LogP contribution is 2.37. The summed E-state index contributed by atoms with van der Waals surface area (Å²) in [5.74, 6) is -0.146. The molecule has 0 spiro atoms. The fourth-order valence-electron chi connectivity index (χ4n) is 2.77. The normalized spacial score (nSPS) is 16.8. The predicted octanol–water partition coefficient (Wildman–Crippen LogP) is 3.84. The molecule has 0 aliphatic carbocycles. The fourth-order valence-corrected chi connectivity index (χ4v) is 3.87. The molecule has 0 fully saturated rings. The molecule has 0 unspecified atom stereocenters. The first kappa shape index (κ1) is 18.2. The van der Waals surface area contributed by atoms with E-state index in [1.54, 1.807) is 6.92 Å². The topological polar surface area (TPSA) is 94.3 Å². The maximum absolute atomic E-state index is 12.3. The minimum atomic E-state index is -0.707. The number of benzene rings is 2. The number of rotatable bonds is 5. The first-order valence-electron chi connectivity index (χ1n) is 8.75. The lowest BCUT2D eigenvalue weighted by molar-refractivity contribution is -0.150. The Morgan fingerprint density at radius 2 is 1.93 bits per heavy atom. The van der Waals surface area contributed by atoms with E-state index in [-0.39, 0.29) is 18.2 Å². The van der Waals surface area contributed by atoms with Gasteiger partial charge in [0.1, 0.15) is 0 Å². The second-order valence-corrected chi connectivity index (χ2v) is 7.48. The molecule has 0 saturated heterocycles. The number of hydrogen-bond acceptors (Lipinski definition) is 7. The Morgan fingerprint density at radius 3 is 2.75 bits per heavy atom. The lowest BCUT2D eigenvalue weighted by atomic mass is 10.2. The van der Waals surface area contributed by atoms with E-state index in [1.165, 1.54) is 11.8 Å². The number of thioether (sulfide) groups is 1. The van der Waals surface area contributed by atoms with Crippen molar-refractivity contribution in [2.24, 2.45) is 0 Å². The zero-order valence-electron chi connectivity index (χ0n) is 15.0. The minimum absolute atomic E-state index is 0.0468. The summed E-state index contributed by atoms with van der Waals surface area (Å²) < 4.78 is 11.0. The summed E-state index contributed by atoms with van der Waals surface area (Å²) in [7, 11) is 0. The van der Waals surface area contributed by atoms with Gasteiger partial charge in [-0.2, -0.15) is 0 Å². The molecule has 2 aromatic carbocycles. The Balaban J connectivity index is 1.38. The first-order valence-corrected chi connectivity index (χ1v) is 9.63. The summed E-state index contributed by atoms with van der Waals surface area (Å²) in [4.78, 5) is 25.5. The molecule has 3 aromatic rings. The average molecular weight is 395 g/mol. The minimum Gasteiger partial charge on any atom is -0.453 e. The molecule has 0 radical (unpaired) electrons. The van der Waals surface area contributed by atoms with E-state index in [9.17, 15) is 9.59 Å². The van der Waals surface area contributed by atoms with Gasteiger partial charge in [0.05, 0.1) is 17.4 Å². The van der Waals surface area contributed by atoms with Crippen molar-refractivity contribution in [1.82, 2.24) is 10.2 Å². The third-order valence-corrected chi connectivity index (χ3v) is 5.45. The smallest absolute Gasteiger partial charge is 0.308 e. The van der Waals surface area contributed by atoms with Crippen LogP contribution in [-0.2, 0) is 14.3 Å². The number of ether oxygens (including phenoxy) is 1. The number of hydrogen-bond donors (Lipinski definition) is 1. The molecule has 142 valence electrons. The molecule has 0 saturated carbocycles. The van der Waals surface area contributed by atoms with Crippen LogP contribution in [0.1, 0.15) is 25.3 Å². The second kappa shape index (κ2) is 7.85. The summed E-state index contributed by atoms with van der Waals surface area (Å²) in [6.45, 7) is 1.66. The van der Waals surface area contributed by atoms with Crippen LogP contribution < -0.4 is 5.32 Å². The van der Waals surface area contributed by atoms with E-state index in [0.717, 1.165) is 16.1 Å². The number of amides is 1. The van der Waals surface area contributed by atoms with Crippen LogP contribution in [0, 0.1) is 0 Å². The zero-order valence-corrected chi connectivity index (χ0v) is 15.8. The Bertz CT molecular complexity index is 1010. The van der Waals surface area contributed by atoms with E-state index in [4.69, 9.17) is 9.15 Å². The lowest BCUT2D eigenvalue weighted by Crippen LogP contribution is -2.31. The average Bonchev–Trinajstić information content (AvgIpc) is 3.20. The van der Waals surface area contributed by atoms with Crippen molar-refractivity contribution in [2.75, 3.05) is 5.32 Å². The van der Waals surface area contributed by atoms with E-state index in [1.807, 2.05) is 54.6 Å². The molecule has 7 nitrogen and oxygen atoms in total. The number of para-hydroxylation sites is 1. The number of nitrogens with one attached hydrogen (secondary N) is 1. The Kier molecular flexibility index (Phi) is 5.12. The first-order chi connectivity index (χ1) is 13.6. The number of aromatic nitrogens is 2. The van der Waals surface area contributed by atoms with Gasteiger partial charge in [-0.25, -0.2) is 0 Å². The van der Waals surface area contributed by atoms with Crippen LogP contribution in [0.2, 0.25) is 0 Å². The lowest BCUT2D eigenvalue weighted by Gasteiger charge is -2.23. The SMILES string of the molecule is C[C@@H](OC(=O)C[C@@H]1Sc2ccccc2NC1=O)c1nnc(-c2ccccc2)o1. The molecule has 1 N–H and O–H groups in total. The van der Waals surface area contributed by atoms with Crippen LogP contribution in [0.25, 0.3) is 11.5 Å². The van der Waals surface area contributed by atoms with Crippen molar-refractivity contribution < 1.29 is 18.7 Å². The Morgan fingerprint density at radius 1 is 1.18 bits per heavy atom. The van der Waals surface area contributed by atoms with Gasteiger partial charge in [0, 0.05) is 10.5 Å². The van der Waals surface area contributed by atoms with E-state index >= 15 is 0 Å². The summed E-state index contributed by atoms with van der Waals surface area (Å²) >= 11 is 1.35. The maximum atomic E-state index is 12.3. The number of nitrogens with zero attached hydrogens (tertiary/aromatic N) is 2. The van der Waals surface area contributed by atoms with Gasteiger partial charge >= 0.3 is 5.97 Å². The summed E-state index contributed by atoms with van der Waals surface area (Å²) in [6, 6.07) is 16.8. The molecule has 1 aromatic heterocycles. The molecule has 2 heterocycles. The van der Waals surface area contributed by atoms with Gasteiger partial charge in [-0.15, -0.1) is 22.0 Å². The predicted molar refractivity (Wildman–Crippen MR) is 104 cm³/mol. The summed E-state index contributed by atoms with van der Waals surface area (Å²) in [5, 5.41) is 10.2. The molecule has 1 aliphatic heterocycles. The van der Waals surface area contributed by atoms with Crippen molar-refractivity contribution in [2.45, 2.75) is 29.6 Å². The van der Waals surface area contributed by atoms with Gasteiger partial charge < -0.3 is 14.5 Å². The number of esters is 1. The van der Waals surface area contributed by atoms with Gasteiger partial charge in [-0.05, 0) is 31.2 Å². The van der Waals surface area contributed by atoms with Gasteiger partial charge in [0.25, 0.3) is 5.89 Å². The van der Waals surface area contributed by atoms with E-state index in [0.29, 0.717) is 5.89 Å². The molecule has 0 bridgehead atoms. The van der Waals surface area contributed by atoms with Crippen LogP contribution >= 0.6 is 11.8 Å². The molecule has 4 rings (SSSR count). The van der Waals surface area contributed by atoms with Crippen molar-refractivity contribution in [3.63, 3.8) is 0 Å². The van der Waals surface area contributed by atoms with Crippen LogP contribution in [0.3, 0.4) is 0 Å². The van der Waals surface area contributed by atoms with Crippen LogP contribution in [0.15, 0.2) is 63.9 Å². The Hall–Kier alpha value is -3.13. The van der Waals surface area contributed by atoms with Crippen molar-refractivity contribution in [3.8, 4) is 11.5 Å². The molecule has 28 heavy (non-hydrogen) atoms. The van der Waals surface area contributed by atoms with Gasteiger partial charge in [-0.1, -0.05) is 30.3 Å². The monoisotopic (exact) mass is 395 g/mol. The number of fused-ring (bicyclic) bond motifs is 1. The van der Waals surface area contributed by atoms with E-state index in [2.05, 4.69) is 15.5 Å². The number of anilines is 1. The third-order valence-electron chi connectivity index (χ3n) is 4.18. The quantitative estimate of drug-likeness (QED) is 0.656. The summed E-state index contributed by atoms with van der Waals surface area (Å²) in [6.07, 6.45) is -0.754. The van der Waals surface area contributed by atoms with Crippen LogP contribution in [0.4, 0.5) is 5.69 Å². The fraction of sp³-hybridized carbons (Fsp3) is 0.200. The molecular formula is C20H17N3O4S. The van der Waals surface area contributed by atoms with Crippen LogP contribution in [-0.4, -0.2) is 27.3 Å². The highest BCUT2D eigenvalue weighted by atomic mass is 32.2. The highest BCUT2D eigenvalue weighted by Gasteiger charge is 2.30. The van der Waals surface area contributed by atoms with E-state index < -0.39 is 17.3 Å². The van der Waals surface area contributed by atoms with Crippen molar-refractivity contribution in [3.05, 3.63) is 60.5 Å². The highest BCUT2D eigenvalue weighted by molar-refractivity contribution is 8.01. The van der Waals surface area contributed by atoms with Crippen molar-refractivity contribution in [1.29, 1.82) is 0 Å². The van der Waals surface area contributed by atoms with Crippen LogP contribution in [0.5, 0.6) is 0 Å². The zero-order chi connectivity index (χ0) is 19.5. The van der Waals surface area contributed by atoms with Gasteiger partial charge in [-0.3, -0.25) is 9.59 Å². The Labute approximate surface area is 165 Å². The molecule has 1 aliphatic rings. The molecule has 2 atom stereocenters. The third kappa shape index (κ3) is 3.91. The van der Waals surface area contributed by atoms with Gasteiger partial charge in [0.2, 0.25) is 11.8 Å². The molecule has 1 amide bonds. The maximum Gasteiger partial charge on any atom is 0.308 e. The second-order valence-electron chi connectivity index (χ2n) is 6.24. The van der Waals surface area contributed by atoms with Crippen molar-refractivity contribution >= 4 is 29.3 Å². The number of carbonyl (C=O) groups excluding carboxylic acids is 2. The van der Waals surface area contributed by atoms with Gasteiger partial charge in [0.15, 0.2) is 6.10 Å².